The first-order valence-corrected chi connectivity index (χ1v) is 5.49. The molecule has 0 spiro atoms. The van der Waals surface area contributed by atoms with Crippen molar-refractivity contribution in [3.8, 4) is 0 Å². The van der Waals surface area contributed by atoms with Crippen LogP contribution in [0.4, 0.5) is 0 Å². The number of hydrogen-bond acceptors (Lipinski definition) is 2. The first-order valence-electron chi connectivity index (χ1n) is 5.49. The summed E-state index contributed by atoms with van der Waals surface area (Å²) < 4.78 is 5.22. The van der Waals surface area contributed by atoms with Gasteiger partial charge in [-0.3, -0.25) is 0 Å². The Morgan fingerprint density at radius 2 is 2.06 bits per heavy atom. The number of aliphatic carboxylic acids is 1. The van der Waals surface area contributed by atoms with Crippen LogP contribution < -0.4 is 0 Å². The molecule has 0 aromatic heterocycles. The van der Waals surface area contributed by atoms with Crippen molar-refractivity contribution in [3.05, 3.63) is 36.5 Å². The van der Waals surface area contributed by atoms with Gasteiger partial charge in [-0.2, -0.15) is 0 Å². The Balaban J connectivity index is 3.40. The van der Waals surface area contributed by atoms with Gasteiger partial charge >= 0.3 is 5.97 Å². The smallest absolute Gasteiger partial charge is 0.331 e. The fourth-order valence-corrected chi connectivity index (χ4v) is 0.929. The van der Waals surface area contributed by atoms with Gasteiger partial charge in [-0.1, -0.05) is 44.2 Å². The molecule has 0 aliphatic heterocycles. The molecule has 0 fully saturated rings. The molecule has 0 rings (SSSR count). The third kappa shape index (κ3) is 9.21. The molecule has 0 saturated carbocycles. The van der Waals surface area contributed by atoms with Gasteiger partial charge in [-0.15, -0.1) is 0 Å². The molecular weight excluding hydrogens is 204 g/mol. The van der Waals surface area contributed by atoms with Gasteiger partial charge in [0.1, 0.15) is 0 Å². The second-order valence-corrected chi connectivity index (χ2v) is 3.38. The zero-order chi connectivity index (χ0) is 12.2. The van der Waals surface area contributed by atoms with Gasteiger partial charge in [-0.25, -0.2) is 4.79 Å². The monoisotopic (exact) mass is 224 g/mol. The van der Waals surface area contributed by atoms with E-state index < -0.39 is 5.97 Å². The number of carbonyl (C=O) groups is 1. The Morgan fingerprint density at radius 1 is 1.38 bits per heavy atom. The highest BCUT2D eigenvalue weighted by atomic mass is 16.5. The van der Waals surface area contributed by atoms with Crippen LogP contribution in [-0.2, 0) is 9.53 Å². The third-order valence-corrected chi connectivity index (χ3v) is 1.90. The van der Waals surface area contributed by atoms with Crippen LogP contribution in [0.2, 0.25) is 0 Å². The number of rotatable bonds is 9. The van der Waals surface area contributed by atoms with Crippen LogP contribution in [0.5, 0.6) is 0 Å². The molecule has 3 heteroatoms. The lowest BCUT2D eigenvalue weighted by Crippen LogP contribution is -2.03. The van der Waals surface area contributed by atoms with E-state index in [2.05, 4.69) is 19.6 Å². The minimum atomic E-state index is -0.957. The van der Waals surface area contributed by atoms with E-state index in [9.17, 15) is 4.79 Å². The van der Waals surface area contributed by atoms with E-state index in [1.54, 1.807) is 0 Å². The van der Waals surface area contributed by atoms with Gasteiger partial charge in [0.25, 0.3) is 0 Å². The molecule has 0 aromatic rings. The summed E-state index contributed by atoms with van der Waals surface area (Å²) in [5.41, 5.74) is 0.187. The van der Waals surface area contributed by atoms with Gasteiger partial charge in [0.05, 0.1) is 13.2 Å². The summed E-state index contributed by atoms with van der Waals surface area (Å²) >= 11 is 0. The van der Waals surface area contributed by atoms with Crippen LogP contribution in [0.25, 0.3) is 0 Å². The molecule has 0 heterocycles. The second kappa shape index (κ2) is 10.2. The normalized spacial score (nSPS) is 11.3. The number of hydrogen-bond donors (Lipinski definition) is 1. The molecule has 0 aromatic carbocycles. The summed E-state index contributed by atoms with van der Waals surface area (Å²) in [5.74, 6) is -0.957. The van der Waals surface area contributed by atoms with Crippen molar-refractivity contribution in [3.63, 3.8) is 0 Å². The maximum absolute atomic E-state index is 10.4. The van der Waals surface area contributed by atoms with E-state index in [0.717, 1.165) is 12.8 Å². The van der Waals surface area contributed by atoms with E-state index in [1.807, 2.05) is 18.2 Å². The fraction of sp³-hybridized carbons (Fsp3) is 0.462. The summed E-state index contributed by atoms with van der Waals surface area (Å²) in [5, 5.41) is 8.53. The van der Waals surface area contributed by atoms with Crippen LogP contribution in [0.1, 0.15) is 26.2 Å². The average Bonchev–Trinajstić information content (AvgIpc) is 2.26. The molecule has 0 unspecified atom stereocenters. The largest absolute Gasteiger partial charge is 0.478 e. The molecular formula is C13H20O3. The minimum Gasteiger partial charge on any atom is -0.478 e. The molecule has 1 N–H and O–H groups in total. The molecule has 0 aliphatic rings. The molecule has 0 aliphatic carbocycles. The van der Waals surface area contributed by atoms with E-state index in [1.165, 1.54) is 0 Å². The fourth-order valence-electron chi connectivity index (χ4n) is 0.929. The van der Waals surface area contributed by atoms with E-state index in [4.69, 9.17) is 9.84 Å². The molecule has 0 saturated heterocycles. The predicted octanol–water partition coefficient (Wildman–Crippen LogP) is 2.95. The van der Waals surface area contributed by atoms with Gasteiger partial charge in [0.15, 0.2) is 0 Å². The standard InChI is InChI=1S/C13H20O3/c1-3-4-5-6-7-8-10-16-11-9-12(2)13(14)15/h5-8H,2-4,9-11H2,1H3,(H,14,15)/b6-5+,8-7+. The van der Waals surface area contributed by atoms with Crippen molar-refractivity contribution in [2.24, 2.45) is 0 Å². The topological polar surface area (TPSA) is 46.5 Å². The first-order chi connectivity index (χ1) is 7.68. The number of carboxylic acids is 1. The zero-order valence-electron chi connectivity index (χ0n) is 9.82. The van der Waals surface area contributed by atoms with Gasteiger partial charge in [0.2, 0.25) is 0 Å². The SMILES string of the molecule is C=C(CCOC/C=C/C=C/CCC)C(=O)O. The van der Waals surface area contributed by atoms with Crippen LogP contribution in [0, 0.1) is 0 Å². The molecule has 3 nitrogen and oxygen atoms in total. The number of allylic oxidation sites excluding steroid dienone is 3. The predicted molar refractivity (Wildman–Crippen MR) is 65.4 cm³/mol. The van der Waals surface area contributed by atoms with Crippen molar-refractivity contribution in [1.82, 2.24) is 0 Å². The maximum atomic E-state index is 10.4. The van der Waals surface area contributed by atoms with Crippen molar-refractivity contribution < 1.29 is 14.6 Å². The Hall–Kier alpha value is -1.35. The highest BCUT2D eigenvalue weighted by molar-refractivity contribution is 5.85. The van der Waals surface area contributed by atoms with Crippen molar-refractivity contribution >= 4 is 5.97 Å². The number of carboxylic acid groups (broad SMARTS) is 1. The van der Waals surface area contributed by atoms with Crippen LogP contribution in [0.3, 0.4) is 0 Å². The van der Waals surface area contributed by atoms with Crippen LogP contribution in [0.15, 0.2) is 36.5 Å². The highest BCUT2D eigenvalue weighted by Crippen LogP contribution is 1.97. The van der Waals surface area contributed by atoms with Crippen molar-refractivity contribution in [1.29, 1.82) is 0 Å². The summed E-state index contributed by atoms with van der Waals surface area (Å²) in [6, 6.07) is 0. The Morgan fingerprint density at radius 3 is 2.69 bits per heavy atom. The Bertz CT molecular complexity index is 264. The summed E-state index contributed by atoms with van der Waals surface area (Å²) in [7, 11) is 0. The van der Waals surface area contributed by atoms with Crippen molar-refractivity contribution in [2.75, 3.05) is 13.2 Å². The first kappa shape index (κ1) is 14.6. The van der Waals surface area contributed by atoms with E-state index in [-0.39, 0.29) is 5.57 Å². The quantitative estimate of drug-likeness (QED) is 0.372. The van der Waals surface area contributed by atoms with Crippen molar-refractivity contribution in [2.45, 2.75) is 26.2 Å². The van der Waals surface area contributed by atoms with E-state index in [0.29, 0.717) is 19.6 Å². The van der Waals surface area contributed by atoms with Crippen LogP contribution in [-0.4, -0.2) is 24.3 Å². The lowest BCUT2D eigenvalue weighted by Gasteiger charge is -2.00. The Labute approximate surface area is 97.1 Å². The molecule has 16 heavy (non-hydrogen) atoms. The summed E-state index contributed by atoms with van der Waals surface area (Å²) in [6.07, 6.45) is 10.5. The number of unbranched alkanes of at least 4 members (excludes halogenated alkanes) is 1. The Kier molecular flexibility index (Phi) is 9.32. The minimum absolute atomic E-state index is 0.187. The molecule has 90 valence electrons. The summed E-state index contributed by atoms with van der Waals surface area (Å²) in [4.78, 5) is 10.4. The molecule has 0 atom stereocenters. The van der Waals surface area contributed by atoms with Gasteiger partial charge < -0.3 is 9.84 Å². The van der Waals surface area contributed by atoms with Gasteiger partial charge in [0, 0.05) is 12.0 Å². The highest BCUT2D eigenvalue weighted by Gasteiger charge is 2.01. The van der Waals surface area contributed by atoms with E-state index >= 15 is 0 Å². The zero-order valence-corrected chi connectivity index (χ0v) is 9.82. The summed E-state index contributed by atoms with van der Waals surface area (Å²) in [6.45, 7) is 6.44. The lowest BCUT2D eigenvalue weighted by molar-refractivity contribution is -0.132. The van der Waals surface area contributed by atoms with Crippen LogP contribution >= 0.6 is 0 Å². The average molecular weight is 224 g/mol. The van der Waals surface area contributed by atoms with Gasteiger partial charge in [-0.05, 0) is 6.42 Å². The third-order valence-electron chi connectivity index (χ3n) is 1.90. The second-order valence-electron chi connectivity index (χ2n) is 3.38. The molecule has 0 radical (unpaired) electrons. The molecule has 0 amide bonds. The number of ether oxygens (including phenoxy) is 1. The molecule has 0 bridgehead atoms. The lowest BCUT2D eigenvalue weighted by atomic mass is 10.2. The maximum Gasteiger partial charge on any atom is 0.331 e.